The van der Waals surface area contributed by atoms with Gasteiger partial charge in [-0.05, 0) is 12.0 Å². The zero-order chi connectivity index (χ0) is 10.8. The molecule has 1 aliphatic carbocycles. The molecule has 1 aromatic heterocycles. The zero-order valence-electron chi connectivity index (χ0n) is 8.84. The summed E-state index contributed by atoms with van der Waals surface area (Å²) in [6.07, 6.45) is 2.62. The van der Waals surface area contributed by atoms with E-state index in [0.717, 1.165) is 0 Å². The van der Waals surface area contributed by atoms with E-state index in [9.17, 15) is 0 Å². The lowest BCUT2D eigenvalue weighted by atomic mass is 10.1. The van der Waals surface area contributed by atoms with Crippen molar-refractivity contribution in [2.24, 2.45) is 0 Å². The van der Waals surface area contributed by atoms with Crippen LogP contribution < -0.4 is 5.32 Å². The molecule has 1 fully saturated rings. The molecule has 1 heterocycles. The second kappa shape index (κ2) is 4.06. The van der Waals surface area contributed by atoms with Crippen molar-refractivity contribution in [3.05, 3.63) is 48.1 Å². The summed E-state index contributed by atoms with van der Waals surface area (Å²) in [4.78, 5) is 3.97. The summed E-state index contributed by atoms with van der Waals surface area (Å²) in [5.74, 6) is 1.29. The number of nitrogens with one attached hydrogen (secondary N) is 1. The molecule has 0 saturated heterocycles. The van der Waals surface area contributed by atoms with Crippen LogP contribution in [-0.4, -0.2) is 16.2 Å². The Kier molecular flexibility index (Phi) is 2.42. The summed E-state index contributed by atoms with van der Waals surface area (Å²) in [6.45, 7) is 0.661. The standard InChI is InChI=1S/C12H13N3O/c1-2-4-9(5-3-1)10-6-11(10)13-7-12-14-8-15-16-12/h1-5,8,10-11,13H,6-7H2. The van der Waals surface area contributed by atoms with Crippen LogP contribution in [0.15, 0.2) is 41.2 Å². The highest BCUT2D eigenvalue weighted by Gasteiger charge is 2.37. The van der Waals surface area contributed by atoms with Gasteiger partial charge in [0.2, 0.25) is 5.89 Å². The quantitative estimate of drug-likeness (QED) is 0.843. The van der Waals surface area contributed by atoms with Crippen LogP contribution in [0.3, 0.4) is 0 Å². The molecule has 0 bridgehead atoms. The van der Waals surface area contributed by atoms with Crippen molar-refractivity contribution in [3.63, 3.8) is 0 Å². The molecule has 2 aromatic rings. The van der Waals surface area contributed by atoms with Crippen LogP contribution >= 0.6 is 0 Å². The highest BCUT2D eigenvalue weighted by molar-refractivity contribution is 5.27. The molecule has 1 N–H and O–H groups in total. The predicted molar refractivity (Wildman–Crippen MR) is 58.7 cm³/mol. The third-order valence-corrected chi connectivity index (χ3v) is 2.94. The van der Waals surface area contributed by atoms with E-state index in [1.807, 2.05) is 6.07 Å². The van der Waals surface area contributed by atoms with E-state index in [-0.39, 0.29) is 0 Å². The van der Waals surface area contributed by atoms with Crippen molar-refractivity contribution in [1.29, 1.82) is 0 Å². The Bertz CT molecular complexity index is 441. The van der Waals surface area contributed by atoms with E-state index in [4.69, 9.17) is 4.52 Å². The van der Waals surface area contributed by atoms with Crippen LogP contribution in [0, 0.1) is 0 Å². The first-order chi connectivity index (χ1) is 7.93. The average Bonchev–Trinajstić information content (AvgIpc) is 2.93. The Morgan fingerprint density at radius 1 is 1.31 bits per heavy atom. The van der Waals surface area contributed by atoms with Gasteiger partial charge in [0, 0.05) is 12.0 Å². The third-order valence-electron chi connectivity index (χ3n) is 2.94. The zero-order valence-corrected chi connectivity index (χ0v) is 8.84. The van der Waals surface area contributed by atoms with Crippen molar-refractivity contribution in [1.82, 2.24) is 15.5 Å². The minimum absolute atomic E-state index is 0.550. The van der Waals surface area contributed by atoms with Crippen LogP contribution in [-0.2, 0) is 6.54 Å². The molecule has 82 valence electrons. The van der Waals surface area contributed by atoms with Gasteiger partial charge in [-0.3, -0.25) is 0 Å². The Morgan fingerprint density at radius 2 is 2.19 bits per heavy atom. The maximum atomic E-state index is 4.93. The van der Waals surface area contributed by atoms with Gasteiger partial charge in [-0.2, -0.15) is 4.98 Å². The lowest BCUT2D eigenvalue weighted by molar-refractivity contribution is 0.365. The largest absolute Gasteiger partial charge is 0.338 e. The highest BCUT2D eigenvalue weighted by Crippen LogP contribution is 2.40. The fourth-order valence-corrected chi connectivity index (χ4v) is 1.98. The Labute approximate surface area is 93.7 Å². The normalized spacial score (nSPS) is 23.2. The van der Waals surface area contributed by atoms with E-state index < -0.39 is 0 Å². The number of aromatic nitrogens is 2. The molecule has 4 heteroatoms. The van der Waals surface area contributed by atoms with Crippen LogP contribution in [0.2, 0.25) is 0 Å². The van der Waals surface area contributed by atoms with Gasteiger partial charge in [0.1, 0.15) is 0 Å². The van der Waals surface area contributed by atoms with Gasteiger partial charge in [0.15, 0.2) is 6.33 Å². The van der Waals surface area contributed by atoms with Crippen LogP contribution in [0.4, 0.5) is 0 Å². The molecule has 0 aliphatic heterocycles. The number of benzene rings is 1. The van der Waals surface area contributed by atoms with Crippen LogP contribution in [0.25, 0.3) is 0 Å². The van der Waals surface area contributed by atoms with Crippen LogP contribution in [0.5, 0.6) is 0 Å². The van der Waals surface area contributed by atoms with Gasteiger partial charge in [0.25, 0.3) is 0 Å². The summed E-state index contributed by atoms with van der Waals surface area (Å²) < 4.78 is 4.93. The fraction of sp³-hybridized carbons (Fsp3) is 0.333. The molecule has 16 heavy (non-hydrogen) atoms. The van der Waals surface area contributed by atoms with Gasteiger partial charge in [-0.15, -0.1) is 0 Å². The summed E-state index contributed by atoms with van der Waals surface area (Å²) >= 11 is 0. The highest BCUT2D eigenvalue weighted by atomic mass is 16.5. The van der Waals surface area contributed by atoms with Crippen molar-refractivity contribution < 1.29 is 4.52 Å². The third kappa shape index (κ3) is 1.97. The number of rotatable bonds is 4. The molecule has 4 nitrogen and oxygen atoms in total. The molecule has 3 rings (SSSR count). The second-order valence-corrected chi connectivity index (χ2v) is 4.08. The average molecular weight is 215 g/mol. The predicted octanol–water partition coefficient (Wildman–Crippen LogP) is 1.72. The first kappa shape index (κ1) is 9.54. The fourth-order valence-electron chi connectivity index (χ4n) is 1.98. The summed E-state index contributed by atoms with van der Waals surface area (Å²) in [7, 11) is 0. The molecule has 1 aromatic carbocycles. The number of hydrogen-bond acceptors (Lipinski definition) is 4. The maximum Gasteiger partial charge on any atom is 0.240 e. The number of nitrogens with zero attached hydrogens (tertiary/aromatic N) is 2. The lowest BCUT2D eigenvalue weighted by Crippen LogP contribution is -2.17. The Morgan fingerprint density at radius 3 is 2.94 bits per heavy atom. The molecule has 2 atom stereocenters. The van der Waals surface area contributed by atoms with E-state index in [1.165, 1.54) is 18.3 Å². The molecule has 1 saturated carbocycles. The second-order valence-electron chi connectivity index (χ2n) is 4.08. The first-order valence-corrected chi connectivity index (χ1v) is 5.47. The minimum atomic E-state index is 0.550. The molecule has 0 amide bonds. The van der Waals surface area contributed by atoms with E-state index in [2.05, 4.69) is 39.7 Å². The smallest absolute Gasteiger partial charge is 0.240 e. The molecule has 2 unspecified atom stereocenters. The van der Waals surface area contributed by atoms with Crippen molar-refractivity contribution in [2.75, 3.05) is 0 Å². The Balaban J connectivity index is 1.53. The van der Waals surface area contributed by atoms with Gasteiger partial charge in [0.05, 0.1) is 6.54 Å². The first-order valence-electron chi connectivity index (χ1n) is 5.47. The van der Waals surface area contributed by atoms with Gasteiger partial charge >= 0.3 is 0 Å². The van der Waals surface area contributed by atoms with Crippen molar-refractivity contribution in [2.45, 2.75) is 24.9 Å². The van der Waals surface area contributed by atoms with Crippen molar-refractivity contribution >= 4 is 0 Å². The molecular weight excluding hydrogens is 202 g/mol. The van der Waals surface area contributed by atoms with Gasteiger partial charge in [-0.25, -0.2) is 0 Å². The monoisotopic (exact) mass is 215 g/mol. The molecular formula is C12H13N3O. The lowest BCUT2D eigenvalue weighted by Gasteiger charge is -2.00. The topological polar surface area (TPSA) is 51.0 Å². The minimum Gasteiger partial charge on any atom is -0.338 e. The molecule has 1 aliphatic rings. The Hall–Kier alpha value is -1.68. The molecule has 0 radical (unpaired) electrons. The summed E-state index contributed by atoms with van der Waals surface area (Å²) in [5, 5.41) is 6.98. The van der Waals surface area contributed by atoms with Crippen molar-refractivity contribution in [3.8, 4) is 0 Å². The van der Waals surface area contributed by atoms with Gasteiger partial charge in [-0.1, -0.05) is 35.5 Å². The molecule has 0 spiro atoms. The van der Waals surface area contributed by atoms with Gasteiger partial charge < -0.3 is 9.84 Å². The van der Waals surface area contributed by atoms with Crippen LogP contribution in [0.1, 0.15) is 23.8 Å². The maximum absolute atomic E-state index is 4.93. The number of hydrogen-bond donors (Lipinski definition) is 1. The van der Waals surface area contributed by atoms with E-state index in [1.54, 1.807) is 0 Å². The SMILES string of the molecule is c1ccc(C2CC2NCc2ncno2)cc1. The summed E-state index contributed by atoms with van der Waals surface area (Å²) in [6, 6.07) is 11.1. The van der Waals surface area contributed by atoms with E-state index in [0.29, 0.717) is 24.4 Å². The summed E-state index contributed by atoms with van der Waals surface area (Å²) in [5.41, 5.74) is 1.41. The van der Waals surface area contributed by atoms with E-state index >= 15 is 0 Å².